The Labute approximate surface area is 162 Å². The summed E-state index contributed by atoms with van der Waals surface area (Å²) in [6.07, 6.45) is 10.2. The zero-order valence-corrected chi connectivity index (χ0v) is 16.3. The minimum atomic E-state index is 0.187. The molecular formula is C23H30N2O2. The van der Waals surface area contributed by atoms with Gasteiger partial charge in [0.05, 0.1) is 13.2 Å². The lowest BCUT2D eigenvalue weighted by Crippen LogP contribution is -2.60. The van der Waals surface area contributed by atoms with Crippen molar-refractivity contribution < 1.29 is 9.53 Å². The predicted molar refractivity (Wildman–Crippen MR) is 106 cm³/mol. The van der Waals surface area contributed by atoms with Crippen LogP contribution in [-0.4, -0.2) is 54.5 Å². The Bertz CT molecular complexity index is 741. The van der Waals surface area contributed by atoms with Gasteiger partial charge in [0.2, 0.25) is 0 Å². The Kier molecular flexibility index (Phi) is 4.47. The monoisotopic (exact) mass is 366 g/mol. The number of hydrogen-bond acceptors (Lipinski definition) is 3. The number of piperidine rings is 3. The second-order valence-corrected chi connectivity index (χ2v) is 8.73. The van der Waals surface area contributed by atoms with E-state index in [1.54, 1.807) is 12.7 Å². The molecule has 1 amide bonds. The average molecular weight is 367 g/mol. The third kappa shape index (κ3) is 2.98. The molecule has 1 aromatic carbocycles. The van der Waals surface area contributed by atoms with Crippen molar-refractivity contribution in [1.29, 1.82) is 0 Å². The molecule has 144 valence electrons. The van der Waals surface area contributed by atoms with Gasteiger partial charge in [0, 0.05) is 24.7 Å². The van der Waals surface area contributed by atoms with Crippen LogP contribution in [0.4, 0.5) is 0 Å². The van der Waals surface area contributed by atoms with E-state index >= 15 is 0 Å². The maximum absolute atomic E-state index is 13.3. The van der Waals surface area contributed by atoms with Crippen LogP contribution in [0.25, 0.3) is 0 Å². The number of methoxy groups -OCH3 is 1. The smallest absolute Gasteiger partial charge is 0.254 e. The molecule has 3 aliphatic heterocycles. The van der Waals surface area contributed by atoms with E-state index in [0.29, 0.717) is 17.9 Å². The molecule has 4 unspecified atom stereocenters. The van der Waals surface area contributed by atoms with Crippen LogP contribution in [0.2, 0.25) is 0 Å². The molecule has 3 saturated heterocycles. The number of nitrogens with zero attached hydrogens (tertiary/aromatic N) is 2. The molecule has 0 saturated carbocycles. The van der Waals surface area contributed by atoms with Crippen molar-refractivity contribution in [2.24, 2.45) is 11.8 Å². The van der Waals surface area contributed by atoms with Crippen LogP contribution >= 0.6 is 0 Å². The van der Waals surface area contributed by atoms with Crippen molar-refractivity contribution in [3.05, 3.63) is 41.5 Å². The molecule has 0 spiro atoms. The van der Waals surface area contributed by atoms with Crippen LogP contribution in [0.3, 0.4) is 0 Å². The van der Waals surface area contributed by atoms with Gasteiger partial charge < -0.3 is 9.64 Å². The fourth-order valence-electron chi connectivity index (χ4n) is 6.10. The van der Waals surface area contributed by atoms with Crippen molar-refractivity contribution in [1.82, 2.24) is 9.80 Å². The standard InChI is InChI=1S/C23H30N2O2/c1-27-20-9-7-16(8-10-20)23(26)25-12-4-5-17-13-18-14-19(22(17)25)15-24-11-3-2-6-21(18)24/h7-10,13,18-19,21-22H,2-6,11-12,14-15H2,1H3. The van der Waals surface area contributed by atoms with Gasteiger partial charge in [0.25, 0.3) is 5.91 Å². The van der Waals surface area contributed by atoms with Crippen LogP contribution in [0, 0.1) is 11.8 Å². The molecule has 4 atom stereocenters. The first kappa shape index (κ1) is 17.3. The highest BCUT2D eigenvalue weighted by Gasteiger charge is 2.46. The van der Waals surface area contributed by atoms with E-state index in [1.807, 2.05) is 24.3 Å². The summed E-state index contributed by atoms with van der Waals surface area (Å²) in [5.74, 6) is 2.31. The summed E-state index contributed by atoms with van der Waals surface area (Å²) in [6.45, 7) is 3.31. The Hall–Kier alpha value is -1.81. The topological polar surface area (TPSA) is 32.8 Å². The molecule has 2 bridgehead atoms. The van der Waals surface area contributed by atoms with Gasteiger partial charge in [0.1, 0.15) is 5.75 Å². The van der Waals surface area contributed by atoms with Gasteiger partial charge in [-0.1, -0.05) is 18.1 Å². The highest BCUT2D eigenvalue weighted by molar-refractivity contribution is 5.95. The van der Waals surface area contributed by atoms with Crippen molar-refractivity contribution in [2.75, 3.05) is 26.7 Å². The van der Waals surface area contributed by atoms with Crippen LogP contribution in [-0.2, 0) is 0 Å². The van der Waals surface area contributed by atoms with Crippen LogP contribution in [0.5, 0.6) is 5.75 Å². The van der Waals surface area contributed by atoms with E-state index in [-0.39, 0.29) is 5.91 Å². The minimum Gasteiger partial charge on any atom is -0.497 e. The number of likely N-dealkylation sites (tertiary alicyclic amines) is 1. The number of amides is 1. The minimum absolute atomic E-state index is 0.187. The normalized spacial score (nSPS) is 32.9. The first-order valence-electron chi connectivity index (χ1n) is 10.6. The van der Waals surface area contributed by atoms with Crippen molar-refractivity contribution in [3.8, 4) is 5.75 Å². The summed E-state index contributed by atoms with van der Waals surface area (Å²) in [7, 11) is 1.66. The zero-order chi connectivity index (χ0) is 18.4. The number of ether oxygens (including phenoxy) is 1. The molecule has 3 heterocycles. The lowest BCUT2D eigenvalue weighted by Gasteiger charge is -2.54. The van der Waals surface area contributed by atoms with Gasteiger partial charge >= 0.3 is 0 Å². The van der Waals surface area contributed by atoms with E-state index in [1.165, 1.54) is 45.2 Å². The van der Waals surface area contributed by atoms with Gasteiger partial charge in [-0.3, -0.25) is 9.69 Å². The van der Waals surface area contributed by atoms with E-state index in [4.69, 9.17) is 4.74 Å². The third-order valence-electron chi connectivity index (χ3n) is 7.26. The Balaban J connectivity index is 1.43. The maximum Gasteiger partial charge on any atom is 0.254 e. The summed E-state index contributed by atoms with van der Waals surface area (Å²) >= 11 is 0. The molecule has 0 N–H and O–H groups in total. The van der Waals surface area contributed by atoms with Gasteiger partial charge in [-0.2, -0.15) is 0 Å². The lowest BCUT2D eigenvalue weighted by atomic mass is 9.68. The third-order valence-corrected chi connectivity index (χ3v) is 7.26. The summed E-state index contributed by atoms with van der Waals surface area (Å²) in [4.78, 5) is 18.3. The average Bonchev–Trinajstić information content (AvgIpc) is 2.73. The molecule has 0 radical (unpaired) electrons. The summed E-state index contributed by atoms with van der Waals surface area (Å²) in [5.41, 5.74) is 2.33. The number of fused-ring (bicyclic) bond motifs is 6. The fraction of sp³-hybridized carbons (Fsp3) is 0.609. The Morgan fingerprint density at radius 3 is 2.78 bits per heavy atom. The highest BCUT2D eigenvalue weighted by atomic mass is 16.5. The van der Waals surface area contributed by atoms with E-state index in [2.05, 4.69) is 15.9 Å². The second-order valence-electron chi connectivity index (χ2n) is 8.73. The number of benzene rings is 1. The zero-order valence-electron chi connectivity index (χ0n) is 16.3. The second kappa shape index (κ2) is 6.97. The fourth-order valence-corrected chi connectivity index (χ4v) is 6.10. The quantitative estimate of drug-likeness (QED) is 0.748. The molecule has 5 rings (SSSR count). The molecular weight excluding hydrogens is 336 g/mol. The molecule has 0 aromatic heterocycles. The molecule has 1 aromatic rings. The van der Waals surface area contributed by atoms with Gasteiger partial charge in [-0.25, -0.2) is 0 Å². The predicted octanol–water partition coefficient (Wildman–Crippen LogP) is 3.73. The van der Waals surface area contributed by atoms with E-state index in [9.17, 15) is 4.79 Å². The largest absolute Gasteiger partial charge is 0.497 e. The SMILES string of the molecule is COc1ccc(C(=O)N2CCCC3=CC4CC(CN5CCCCC45)C32)cc1. The summed E-state index contributed by atoms with van der Waals surface area (Å²) < 4.78 is 5.24. The number of carbonyl (C=O) groups excluding carboxylic acids is 1. The molecule has 4 nitrogen and oxygen atoms in total. The number of rotatable bonds is 2. The van der Waals surface area contributed by atoms with Gasteiger partial charge in [0.15, 0.2) is 0 Å². The van der Waals surface area contributed by atoms with Gasteiger partial charge in [-0.05, 0) is 74.8 Å². The molecule has 4 aliphatic rings. The van der Waals surface area contributed by atoms with Crippen molar-refractivity contribution in [3.63, 3.8) is 0 Å². The molecule has 1 aliphatic carbocycles. The van der Waals surface area contributed by atoms with Crippen LogP contribution < -0.4 is 4.74 Å². The van der Waals surface area contributed by atoms with E-state index in [0.717, 1.165) is 30.3 Å². The number of carbonyl (C=O) groups is 1. The molecule has 27 heavy (non-hydrogen) atoms. The van der Waals surface area contributed by atoms with Gasteiger partial charge in [-0.15, -0.1) is 0 Å². The molecule has 3 fully saturated rings. The van der Waals surface area contributed by atoms with E-state index < -0.39 is 0 Å². The molecule has 4 heteroatoms. The first-order chi connectivity index (χ1) is 13.2. The number of hydrogen-bond donors (Lipinski definition) is 0. The Morgan fingerprint density at radius 2 is 1.96 bits per heavy atom. The maximum atomic E-state index is 13.3. The van der Waals surface area contributed by atoms with Crippen molar-refractivity contribution in [2.45, 2.75) is 50.6 Å². The highest BCUT2D eigenvalue weighted by Crippen LogP contribution is 2.45. The lowest BCUT2D eigenvalue weighted by molar-refractivity contribution is 0.00147. The Morgan fingerprint density at radius 1 is 1.11 bits per heavy atom. The van der Waals surface area contributed by atoms with Crippen molar-refractivity contribution >= 4 is 5.91 Å². The van der Waals surface area contributed by atoms with Crippen LogP contribution in [0.1, 0.15) is 48.9 Å². The summed E-state index contributed by atoms with van der Waals surface area (Å²) in [5, 5.41) is 0. The first-order valence-corrected chi connectivity index (χ1v) is 10.6. The summed E-state index contributed by atoms with van der Waals surface area (Å²) in [6, 6.07) is 8.68. The van der Waals surface area contributed by atoms with Crippen LogP contribution in [0.15, 0.2) is 35.9 Å².